The number of halogens is 2. The molecular formula is C23H17Cl2N3O3. The van der Waals surface area contributed by atoms with E-state index in [-0.39, 0.29) is 5.91 Å². The molecule has 0 aliphatic heterocycles. The molecule has 0 spiro atoms. The first-order valence-electron chi connectivity index (χ1n) is 9.33. The van der Waals surface area contributed by atoms with Gasteiger partial charge >= 0.3 is 0 Å². The van der Waals surface area contributed by atoms with E-state index in [4.69, 9.17) is 32.4 Å². The van der Waals surface area contributed by atoms with Gasteiger partial charge in [0, 0.05) is 35.0 Å². The highest BCUT2D eigenvalue weighted by atomic mass is 35.5. The van der Waals surface area contributed by atoms with Crippen LogP contribution in [0.1, 0.15) is 11.1 Å². The molecule has 31 heavy (non-hydrogen) atoms. The molecule has 0 bridgehead atoms. The zero-order chi connectivity index (χ0) is 21.8. The Morgan fingerprint density at radius 3 is 2.74 bits per heavy atom. The van der Waals surface area contributed by atoms with Gasteiger partial charge in [0.15, 0.2) is 11.2 Å². The number of pyridine rings is 1. The monoisotopic (exact) mass is 453 g/mol. The summed E-state index contributed by atoms with van der Waals surface area (Å²) in [6, 6.07) is 14.5. The molecule has 0 aliphatic rings. The minimum absolute atomic E-state index is 0.257. The molecule has 0 saturated carbocycles. The molecule has 0 radical (unpaired) electrons. The topological polar surface area (TPSA) is 77.2 Å². The maximum atomic E-state index is 12.2. The average Bonchev–Trinajstić information content (AvgIpc) is 3.20. The molecule has 8 heteroatoms. The quantitative estimate of drug-likeness (QED) is 0.388. The molecule has 0 fully saturated rings. The van der Waals surface area contributed by atoms with Crippen molar-refractivity contribution in [2.24, 2.45) is 0 Å². The number of benzene rings is 2. The fourth-order valence-electron chi connectivity index (χ4n) is 2.99. The highest BCUT2D eigenvalue weighted by Crippen LogP contribution is 2.33. The fraction of sp³-hybridized carbons (Fsp3) is 0.0870. The maximum absolute atomic E-state index is 12.2. The lowest BCUT2D eigenvalue weighted by Crippen LogP contribution is -2.20. The van der Waals surface area contributed by atoms with Crippen LogP contribution in [0.25, 0.3) is 28.8 Å². The summed E-state index contributed by atoms with van der Waals surface area (Å²) < 4.78 is 11.0. The van der Waals surface area contributed by atoms with Crippen LogP contribution < -0.4 is 10.1 Å². The number of methoxy groups -OCH3 is 1. The average molecular weight is 454 g/mol. The summed E-state index contributed by atoms with van der Waals surface area (Å²) in [5, 5.41) is 3.67. The number of rotatable bonds is 6. The lowest BCUT2D eigenvalue weighted by atomic mass is 10.1. The number of carbonyl (C=O) groups is 1. The third-order valence-corrected chi connectivity index (χ3v) is 4.99. The van der Waals surface area contributed by atoms with Crippen molar-refractivity contribution >= 4 is 46.4 Å². The molecular weight excluding hydrogens is 437 g/mol. The number of hydrogen-bond acceptors (Lipinski definition) is 5. The largest absolute Gasteiger partial charge is 0.495 e. The Morgan fingerprint density at radius 1 is 1.19 bits per heavy atom. The predicted molar refractivity (Wildman–Crippen MR) is 121 cm³/mol. The Labute approximate surface area is 188 Å². The standard InChI is InChI=1S/C23H17Cl2N3O3/c1-30-21-16(11-17(24)12-18(21)25)8-9-20(29)27-13-14-4-6-15(7-5-14)23-28-22-19(31-23)3-2-10-26-22/h2-12H,13H2,1H3,(H,27,29)/b9-8+. The fourth-order valence-corrected chi connectivity index (χ4v) is 3.58. The van der Waals surface area contributed by atoms with Crippen molar-refractivity contribution in [3.63, 3.8) is 0 Å². The molecule has 0 atom stereocenters. The molecule has 6 nitrogen and oxygen atoms in total. The highest BCUT2D eigenvalue weighted by Gasteiger charge is 2.10. The number of carbonyl (C=O) groups excluding carboxylic acids is 1. The van der Waals surface area contributed by atoms with E-state index in [0.29, 0.717) is 45.0 Å². The van der Waals surface area contributed by atoms with E-state index in [2.05, 4.69) is 15.3 Å². The lowest BCUT2D eigenvalue weighted by Gasteiger charge is -2.08. The Hall–Kier alpha value is -3.35. The first-order valence-corrected chi connectivity index (χ1v) is 10.1. The first kappa shape index (κ1) is 20.9. The van der Waals surface area contributed by atoms with Crippen molar-refractivity contribution in [1.29, 1.82) is 0 Å². The van der Waals surface area contributed by atoms with Gasteiger partial charge in [-0.15, -0.1) is 0 Å². The van der Waals surface area contributed by atoms with Crippen LogP contribution in [-0.2, 0) is 11.3 Å². The van der Waals surface area contributed by atoms with Crippen LogP contribution >= 0.6 is 23.2 Å². The summed E-state index contributed by atoms with van der Waals surface area (Å²) >= 11 is 12.1. The number of amides is 1. The van der Waals surface area contributed by atoms with E-state index >= 15 is 0 Å². The Kier molecular flexibility index (Phi) is 6.21. The van der Waals surface area contributed by atoms with Crippen LogP contribution in [-0.4, -0.2) is 23.0 Å². The van der Waals surface area contributed by atoms with Crippen molar-refractivity contribution < 1.29 is 13.9 Å². The van der Waals surface area contributed by atoms with Gasteiger partial charge in [0.25, 0.3) is 0 Å². The van der Waals surface area contributed by atoms with Gasteiger partial charge in [-0.3, -0.25) is 4.79 Å². The van der Waals surface area contributed by atoms with Gasteiger partial charge < -0.3 is 14.5 Å². The number of fused-ring (bicyclic) bond motifs is 1. The maximum Gasteiger partial charge on any atom is 0.244 e. The molecule has 0 saturated heterocycles. The molecule has 0 aliphatic carbocycles. The SMILES string of the molecule is COc1c(Cl)cc(Cl)cc1/C=C/C(=O)NCc1ccc(-c2nc3ncccc3o2)cc1. The summed E-state index contributed by atoms with van der Waals surface area (Å²) in [4.78, 5) is 20.8. The van der Waals surface area contributed by atoms with Crippen molar-refractivity contribution in [3.8, 4) is 17.2 Å². The molecule has 2 heterocycles. The van der Waals surface area contributed by atoms with E-state index in [1.165, 1.54) is 13.2 Å². The summed E-state index contributed by atoms with van der Waals surface area (Å²) in [6.07, 6.45) is 4.69. The van der Waals surface area contributed by atoms with Crippen LogP contribution in [0.2, 0.25) is 10.0 Å². The van der Waals surface area contributed by atoms with Crippen molar-refractivity contribution in [1.82, 2.24) is 15.3 Å². The predicted octanol–water partition coefficient (Wildman–Crippen LogP) is 5.53. The van der Waals surface area contributed by atoms with E-state index in [0.717, 1.165) is 11.1 Å². The van der Waals surface area contributed by atoms with Crippen molar-refractivity contribution in [3.05, 3.63) is 82.0 Å². The molecule has 4 rings (SSSR count). The summed E-state index contributed by atoms with van der Waals surface area (Å²) in [7, 11) is 1.51. The van der Waals surface area contributed by atoms with Gasteiger partial charge in [0.05, 0.1) is 12.1 Å². The van der Waals surface area contributed by atoms with Crippen LogP contribution in [0.5, 0.6) is 5.75 Å². The van der Waals surface area contributed by atoms with Crippen molar-refractivity contribution in [2.45, 2.75) is 6.54 Å². The van der Waals surface area contributed by atoms with Gasteiger partial charge in [-0.1, -0.05) is 35.3 Å². The number of oxazole rings is 1. The normalized spacial score (nSPS) is 11.2. The number of hydrogen-bond donors (Lipinski definition) is 1. The summed E-state index contributed by atoms with van der Waals surface area (Å²) in [5.41, 5.74) is 3.59. The number of nitrogens with one attached hydrogen (secondary N) is 1. The van der Waals surface area contributed by atoms with Crippen LogP contribution in [0.3, 0.4) is 0 Å². The van der Waals surface area contributed by atoms with Crippen LogP contribution in [0.4, 0.5) is 0 Å². The van der Waals surface area contributed by atoms with Gasteiger partial charge in [0.1, 0.15) is 5.75 Å². The molecule has 0 unspecified atom stereocenters. The van der Waals surface area contributed by atoms with Crippen LogP contribution in [0, 0.1) is 0 Å². The second kappa shape index (κ2) is 9.20. The summed E-state index contributed by atoms with van der Waals surface area (Å²) in [5.74, 6) is 0.703. The van der Waals surface area contributed by atoms with Gasteiger partial charge in [-0.05, 0) is 48.0 Å². The van der Waals surface area contributed by atoms with E-state index < -0.39 is 0 Å². The van der Waals surface area contributed by atoms with Gasteiger partial charge in [-0.25, -0.2) is 4.98 Å². The lowest BCUT2D eigenvalue weighted by molar-refractivity contribution is -0.116. The van der Waals surface area contributed by atoms with Crippen LogP contribution in [0.15, 0.2) is 65.2 Å². The Morgan fingerprint density at radius 2 is 2.00 bits per heavy atom. The zero-order valence-electron chi connectivity index (χ0n) is 16.4. The second-order valence-electron chi connectivity index (χ2n) is 6.60. The molecule has 2 aromatic carbocycles. The van der Waals surface area contributed by atoms with E-state index in [1.807, 2.05) is 30.3 Å². The molecule has 156 valence electrons. The molecule has 1 amide bonds. The first-order chi connectivity index (χ1) is 15.0. The number of nitrogens with zero attached hydrogens (tertiary/aromatic N) is 2. The zero-order valence-corrected chi connectivity index (χ0v) is 17.9. The highest BCUT2D eigenvalue weighted by molar-refractivity contribution is 6.36. The summed E-state index contributed by atoms with van der Waals surface area (Å²) in [6.45, 7) is 0.367. The molecule has 4 aromatic rings. The van der Waals surface area contributed by atoms with E-state index in [1.54, 1.807) is 30.5 Å². The minimum Gasteiger partial charge on any atom is -0.495 e. The second-order valence-corrected chi connectivity index (χ2v) is 7.45. The Balaban J connectivity index is 1.39. The van der Waals surface area contributed by atoms with Gasteiger partial charge in [-0.2, -0.15) is 4.98 Å². The molecule has 2 aromatic heterocycles. The Bertz CT molecular complexity index is 1230. The van der Waals surface area contributed by atoms with Crippen molar-refractivity contribution in [2.75, 3.05) is 7.11 Å². The number of ether oxygens (including phenoxy) is 1. The third-order valence-electron chi connectivity index (χ3n) is 4.49. The third kappa shape index (κ3) is 4.87. The van der Waals surface area contributed by atoms with Gasteiger partial charge in [0.2, 0.25) is 11.8 Å². The number of aromatic nitrogens is 2. The van der Waals surface area contributed by atoms with E-state index in [9.17, 15) is 4.79 Å². The minimum atomic E-state index is -0.257. The molecule has 1 N–H and O–H groups in total. The smallest absolute Gasteiger partial charge is 0.244 e.